The first-order valence-electron chi connectivity index (χ1n) is 7.44. The van der Waals surface area contributed by atoms with Gasteiger partial charge in [-0.05, 0) is 37.3 Å². The molecule has 25 heavy (non-hydrogen) atoms. The Morgan fingerprint density at radius 3 is 2.48 bits per heavy atom. The van der Waals surface area contributed by atoms with Crippen LogP contribution in [0.25, 0.3) is 0 Å². The van der Waals surface area contributed by atoms with Gasteiger partial charge in [-0.1, -0.05) is 17.7 Å². The SMILES string of the molecule is COc1ccc(OC)c(NC(=O)[C@@H](C)OC(=O)c2cccc(Cl)c2)c1. The molecule has 0 spiro atoms. The first-order chi connectivity index (χ1) is 11.9. The summed E-state index contributed by atoms with van der Waals surface area (Å²) in [7, 11) is 3.00. The molecule has 0 saturated heterocycles. The van der Waals surface area contributed by atoms with Crippen molar-refractivity contribution < 1.29 is 23.8 Å². The molecule has 132 valence electrons. The molecule has 2 aromatic rings. The molecular weight excluding hydrogens is 346 g/mol. The second-order valence-electron chi connectivity index (χ2n) is 5.11. The van der Waals surface area contributed by atoms with Crippen LogP contribution in [0.2, 0.25) is 5.02 Å². The largest absolute Gasteiger partial charge is 0.497 e. The molecule has 0 radical (unpaired) electrons. The van der Waals surface area contributed by atoms with E-state index >= 15 is 0 Å². The number of esters is 1. The summed E-state index contributed by atoms with van der Waals surface area (Å²) in [5.74, 6) is -0.119. The highest BCUT2D eigenvalue weighted by molar-refractivity contribution is 6.30. The van der Waals surface area contributed by atoms with Crippen LogP contribution >= 0.6 is 11.6 Å². The molecule has 2 rings (SSSR count). The van der Waals surface area contributed by atoms with Gasteiger partial charge in [-0.25, -0.2) is 4.79 Å². The molecule has 0 bridgehead atoms. The van der Waals surface area contributed by atoms with Crippen molar-refractivity contribution in [1.29, 1.82) is 0 Å². The van der Waals surface area contributed by atoms with E-state index in [2.05, 4.69) is 5.32 Å². The number of carbonyl (C=O) groups is 2. The van der Waals surface area contributed by atoms with Gasteiger partial charge < -0.3 is 19.5 Å². The topological polar surface area (TPSA) is 73.9 Å². The number of amides is 1. The molecule has 0 aliphatic heterocycles. The predicted octanol–water partition coefficient (Wildman–Crippen LogP) is 3.54. The van der Waals surface area contributed by atoms with Gasteiger partial charge in [0, 0.05) is 11.1 Å². The molecule has 1 atom stereocenters. The maximum absolute atomic E-state index is 12.3. The smallest absolute Gasteiger partial charge is 0.338 e. The second kappa shape index (κ2) is 8.39. The van der Waals surface area contributed by atoms with E-state index < -0.39 is 18.0 Å². The summed E-state index contributed by atoms with van der Waals surface area (Å²) in [6, 6.07) is 11.3. The van der Waals surface area contributed by atoms with Crippen molar-refractivity contribution in [2.75, 3.05) is 19.5 Å². The van der Waals surface area contributed by atoms with Crippen LogP contribution in [-0.2, 0) is 9.53 Å². The average Bonchev–Trinajstić information content (AvgIpc) is 2.61. The van der Waals surface area contributed by atoms with Gasteiger partial charge >= 0.3 is 5.97 Å². The molecule has 1 N–H and O–H groups in total. The van der Waals surface area contributed by atoms with Crippen LogP contribution in [0.5, 0.6) is 11.5 Å². The molecule has 0 unspecified atom stereocenters. The molecule has 2 aromatic carbocycles. The fourth-order valence-corrected chi connectivity index (χ4v) is 2.23. The zero-order chi connectivity index (χ0) is 18.4. The number of rotatable bonds is 6. The molecule has 0 saturated carbocycles. The quantitative estimate of drug-likeness (QED) is 0.794. The Balaban J connectivity index is 2.06. The summed E-state index contributed by atoms with van der Waals surface area (Å²) in [5, 5.41) is 3.07. The zero-order valence-electron chi connectivity index (χ0n) is 14.0. The number of hydrogen-bond donors (Lipinski definition) is 1. The lowest BCUT2D eigenvalue weighted by Gasteiger charge is -2.16. The van der Waals surface area contributed by atoms with Gasteiger partial charge in [-0.3, -0.25) is 4.79 Å². The molecule has 0 aliphatic rings. The highest BCUT2D eigenvalue weighted by Crippen LogP contribution is 2.29. The molecule has 0 aromatic heterocycles. The number of hydrogen-bond acceptors (Lipinski definition) is 5. The Kier molecular flexibility index (Phi) is 6.25. The summed E-state index contributed by atoms with van der Waals surface area (Å²) >= 11 is 5.84. The van der Waals surface area contributed by atoms with Gasteiger partial charge in [-0.2, -0.15) is 0 Å². The van der Waals surface area contributed by atoms with E-state index in [9.17, 15) is 9.59 Å². The van der Waals surface area contributed by atoms with Crippen LogP contribution in [0, 0.1) is 0 Å². The fourth-order valence-electron chi connectivity index (χ4n) is 2.04. The molecule has 0 aliphatic carbocycles. The van der Waals surface area contributed by atoms with Crippen LogP contribution in [0.4, 0.5) is 5.69 Å². The number of anilines is 1. The Morgan fingerprint density at radius 2 is 1.84 bits per heavy atom. The maximum Gasteiger partial charge on any atom is 0.338 e. The van der Waals surface area contributed by atoms with E-state index in [0.717, 1.165) is 0 Å². The van der Waals surface area contributed by atoms with Gasteiger partial charge in [0.15, 0.2) is 6.10 Å². The lowest BCUT2D eigenvalue weighted by Crippen LogP contribution is -2.30. The summed E-state index contributed by atoms with van der Waals surface area (Å²) in [6.45, 7) is 1.48. The lowest BCUT2D eigenvalue weighted by atomic mass is 10.2. The van der Waals surface area contributed by atoms with E-state index in [1.54, 1.807) is 36.4 Å². The Hall–Kier alpha value is -2.73. The van der Waals surface area contributed by atoms with E-state index in [4.69, 9.17) is 25.8 Å². The fraction of sp³-hybridized carbons (Fsp3) is 0.222. The highest BCUT2D eigenvalue weighted by atomic mass is 35.5. The molecule has 0 heterocycles. The normalized spacial score (nSPS) is 11.4. The van der Waals surface area contributed by atoms with E-state index in [0.29, 0.717) is 22.2 Å². The minimum absolute atomic E-state index is 0.270. The Bertz CT molecular complexity index is 778. The third kappa shape index (κ3) is 4.87. The first-order valence-corrected chi connectivity index (χ1v) is 7.82. The number of ether oxygens (including phenoxy) is 3. The van der Waals surface area contributed by atoms with E-state index in [1.165, 1.54) is 27.2 Å². The second-order valence-corrected chi connectivity index (χ2v) is 5.55. The van der Waals surface area contributed by atoms with Crippen LogP contribution in [0.15, 0.2) is 42.5 Å². The maximum atomic E-state index is 12.3. The number of methoxy groups -OCH3 is 2. The van der Waals surface area contributed by atoms with Crippen molar-refractivity contribution in [2.24, 2.45) is 0 Å². The van der Waals surface area contributed by atoms with Gasteiger partial charge in [0.2, 0.25) is 0 Å². The van der Waals surface area contributed by atoms with Crippen molar-refractivity contribution in [3.05, 3.63) is 53.1 Å². The van der Waals surface area contributed by atoms with Crippen molar-refractivity contribution >= 4 is 29.2 Å². The minimum Gasteiger partial charge on any atom is -0.497 e. The van der Waals surface area contributed by atoms with Crippen molar-refractivity contribution in [3.63, 3.8) is 0 Å². The van der Waals surface area contributed by atoms with Gasteiger partial charge in [0.1, 0.15) is 11.5 Å². The van der Waals surface area contributed by atoms with Crippen LogP contribution < -0.4 is 14.8 Å². The lowest BCUT2D eigenvalue weighted by molar-refractivity contribution is -0.123. The molecular formula is C18H18ClNO5. The monoisotopic (exact) mass is 363 g/mol. The van der Waals surface area contributed by atoms with Crippen molar-refractivity contribution in [1.82, 2.24) is 0 Å². The predicted molar refractivity (Wildman–Crippen MR) is 94.5 cm³/mol. The number of halogens is 1. The molecule has 7 heteroatoms. The summed E-state index contributed by atoms with van der Waals surface area (Å²) in [4.78, 5) is 24.4. The van der Waals surface area contributed by atoms with Crippen LogP contribution in [0.3, 0.4) is 0 Å². The summed E-state index contributed by atoms with van der Waals surface area (Å²) in [5.41, 5.74) is 0.684. The van der Waals surface area contributed by atoms with Crippen LogP contribution in [0.1, 0.15) is 17.3 Å². The third-order valence-electron chi connectivity index (χ3n) is 3.38. The Labute approximate surface area is 150 Å². The standard InChI is InChI=1S/C18H18ClNO5/c1-11(25-18(22)12-5-4-6-13(19)9-12)17(21)20-15-10-14(23-2)7-8-16(15)24-3/h4-11H,1-3H3,(H,20,21)/t11-/m1/s1. The highest BCUT2D eigenvalue weighted by Gasteiger charge is 2.20. The van der Waals surface area contributed by atoms with Gasteiger partial charge in [-0.15, -0.1) is 0 Å². The minimum atomic E-state index is -1.01. The number of carbonyl (C=O) groups excluding carboxylic acids is 2. The molecule has 6 nitrogen and oxygen atoms in total. The van der Waals surface area contributed by atoms with E-state index in [-0.39, 0.29) is 5.56 Å². The number of nitrogens with one attached hydrogen (secondary N) is 1. The molecule has 1 amide bonds. The molecule has 0 fully saturated rings. The summed E-state index contributed by atoms with van der Waals surface area (Å²) in [6.07, 6.45) is -1.01. The zero-order valence-corrected chi connectivity index (χ0v) is 14.8. The van der Waals surface area contributed by atoms with Gasteiger partial charge in [0.05, 0.1) is 25.5 Å². The number of benzene rings is 2. The van der Waals surface area contributed by atoms with Gasteiger partial charge in [0.25, 0.3) is 5.91 Å². The summed E-state index contributed by atoms with van der Waals surface area (Å²) < 4.78 is 15.5. The first kappa shape index (κ1) is 18.6. The van der Waals surface area contributed by atoms with Crippen LogP contribution in [-0.4, -0.2) is 32.2 Å². The van der Waals surface area contributed by atoms with E-state index in [1.807, 2.05) is 0 Å². The van der Waals surface area contributed by atoms with Crippen molar-refractivity contribution in [3.8, 4) is 11.5 Å². The average molecular weight is 364 g/mol. The Morgan fingerprint density at radius 1 is 1.08 bits per heavy atom. The van der Waals surface area contributed by atoms with Crippen molar-refractivity contribution in [2.45, 2.75) is 13.0 Å². The third-order valence-corrected chi connectivity index (χ3v) is 3.61.